The van der Waals surface area contributed by atoms with Gasteiger partial charge in [-0.05, 0) is 30.7 Å². The summed E-state index contributed by atoms with van der Waals surface area (Å²) in [5.41, 5.74) is 7.40. The summed E-state index contributed by atoms with van der Waals surface area (Å²) >= 11 is 4.96. The molecule has 0 radical (unpaired) electrons. The van der Waals surface area contributed by atoms with E-state index in [0.717, 1.165) is 15.7 Å². The summed E-state index contributed by atoms with van der Waals surface area (Å²) in [6.45, 7) is 4.58. The number of carbonyl (C=O) groups is 1. The number of benzene rings is 1. The zero-order valence-electron chi connectivity index (χ0n) is 10.00. The lowest BCUT2D eigenvalue weighted by Gasteiger charge is -2.10. The number of anilines is 1. The molecule has 3 nitrogen and oxygen atoms in total. The molecule has 0 spiro atoms. The van der Waals surface area contributed by atoms with Crippen molar-refractivity contribution in [1.29, 1.82) is 0 Å². The van der Waals surface area contributed by atoms with E-state index in [-0.39, 0.29) is 5.91 Å². The Labute approximate surface area is 115 Å². The molecule has 3 N–H and O–H groups in total. The van der Waals surface area contributed by atoms with E-state index in [1.54, 1.807) is 11.8 Å². The standard InChI is InChI=1S/C12H17BrN2OS/c1-8-5-10(13)3-4-11(8)15-12(16)7-17-9(2)6-14/h3-5,9H,6-7,14H2,1-2H3,(H,15,16). The van der Waals surface area contributed by atoms with E-state index in [1.807, 2.05) is 32.0 Å². The number of carbonyl (C=O) groups excluding carboxylic acids is 1. The number of nitrogens with one attached hydrogen (secondary N) is 1. The quantitative estimate of drug-likeness (QED) is 0.878. The van der Waals surface area contributed by atoms with Crippen molar-refractivity contribution in [2.45, 2.75) is 19.1 Å². The molecule has 0 aliphatic rings. The van der Waals surface area contributed by atoms with E-state index < -0.39 is 0 Å². The summed E-state index contributed by atoms with van der Waals surface area (Å²) in [5.74, 6) is 0.453. The highest BCUT2D eigenvalue weighted by Crippen LogP contribution is 2.20. The molecule has 0 fully saturated rings. The van der Waals surface area contributed by atoms with Gasteiger partial charge in [0.1, 0.15) is 0 Å². The number of amides is 1. The van der Waals surface area contributed by atoms with Crippen molar-refractivity contribution in [3.05, 3.63) is 28.2 Å². The molecule has 0 saturated carbocycles. The molecule has 1 atom stereocenters. The molecule has 5 heteroatoms. The highest BCUT2D eigenvalue weighted by Gasteiger charge is 2.07. The second kappa shape index (κ2) is 7.03. The van der Waals surface area contributed by atoms with E-state index >= 15 is 0 Å². The average molecular weight is 317 g/mol. The second-order valence-corrected chi connectivity index (χ2v) is 6.21. The first-order valence-electron chi connectivity index (χ1n) is 5.40. The Morgan fingerprint density at radius 2 is 2.29 bits per heavy atom. The third kappa shape index (κ3) is 5.10. The normalized spacial score (nSPS) is 12.2. The van der Waals surface area contributed by atoms with Gasteiger partial charge >= 0.3 is 0 Å². The number of rotatable bonds is 5. The minimum Gasteiger partial charge on any atom is -0.329 e. The number of hydrogen-bond donors (Lipinski definition) is 2. The van der Waals surface area contributed by atoms with Crippen LogP contribution in [-0.2, 0) is 4.79 Å². The molecule has 1 aromatic rings. The van der Waals surface area contributed by atoms with Crippen LogP contribution in [0, 0.1) is 6.92 Å². The maximum Gasteiger partial charge on any atom is 0.234 e. The summed E-state index contributed by atoms with van der Waals surface area (Å²) in [6, 6.07) is 5.79. The Balaban J connectivity index is 2.50. The smallest absolute Gasteiger partial charge is 0.234 e. The molecule has 1 aromatic carbocycles. The van der Waals surface area contributed by atoms with E-state index in [9.17, 15) is 4.79 Å². The molecular formula is C12H17BrN2OS. The van der Waals surface area contributed by atoms with Crippen LogP contribution in [0.15, 0.2) is 22.7 Å². The molecule has 0 heterocycles. The van der Waals surface area contributed by atoms with Gasteiger partial charge in [0.15, 0.2) is 0 Å². The van der Waals surface area contributed by atoms with Gasteiger partial charge in [-0.3, -0.25) is 4.79 Å². The van der Waals surface area contributed by atoms with Crippen LogP contribution in [-0.4, -0.2) is 23.5 Å². The molecule has 0 aliphatic heterocycles. The van der Waals surface area contributed by atoms with Crippen LogP contribution < -0.4 is 11.1 Å². The van der Waals surface area contributed by atoms with Gasteiger partial charge in [-0.1, -0.05) is 22.9 Å². The Bertz CT molecular complexity index is 398. The Hall–Kier alpha value is -0.520. The van der Waals surface area contributed by atoms with Crippen molar-refractivity contribution in [3.63, 3.8) is 0 Å². The van der Waals surface area contributed by atoms with Gasteiger partial charge in [0.2, 0.25) is 5.91 Å². The third-order valence-electron chi connectivity index (χ3n) is 2.29. The summed E-state index contributed by atoms with van der Waals surface area (Å²) in [7, 11) is 0. The van der Waals surface area contributed by atoms with Crippen LogP contribution in [0.25, 0.3) is 0 Å². The second-order valence-electron chi connectivity index (χ2n) is 3.86. The number of aryl methyl sites for hydroxylation is 1. The molecule has 1 amide bonds. The highest BCUT2D eigenvalue weighted by molar-refractivity contribution is 9.10. The third-order valence-corrected chi connectivity index (χ3v) is 3.98. The topological polar surface area (TPSA) is 55.1 Å². The van der Waals surface area contributed by atoms with Crippen molar-refractivity contribution in [1.82, 2.24) is 0 Å². The zero-order chi connectivity index (χ0) is 12.8. The van der Waals surface area contributed by atoms with Crippen LogP contribution in [0.2, 0.25) is 0 Å². The van der Waals surface area contributed by atoms with Crippen molar-refractivity contribution in [3.8, 4) is 0 Å². The summed E-state index contributed by atoms with van der Waals surface area (Å²) in [5, 5.41) is 3.21. The predicted octanol–water partition coefficient (Wildman–Crippen LogP) is 2.78. The van der Waals surface area contributed by atoms with Gasteiger partial charge in [0.25, 0.3) is 0 Å². The van der Waals surface area contributed by atoms with Crippen molar-refractivity contribution < 1.29 is 4.79 Å². The number of thioether (sulfide) groups is 1. The maximum atomic E-state index is 11.7. The molecular weight excluding hydrogens is 300 g/mol. The summed E-state index contributed by atoms with van der Waals surface area (Å²) in [6.07, 6.45) is 0. The SMILES string of the molecule is Cc1cc(Br)ccc1NC(=O)CSC(C)CN. The number of nitrogens with two attached hydrogens (primary N) is 1. The van der Waals surface area contributed by atoms with E-state index in [1.165, 1.54) is 0 Å². The fraction of sp³-hybridized carbons (Fsp3) is 0.417. The number of hydrogen-bond acceptors (Lipinski definition) is 3. The van der Waals surface area contributed by atoms with E-state index in [2.05, 4.69) is 21.2 Å². The molecule has 17 heavy (non-hydrogen) atoms. The first kappa shape index (κ1) is 14.5. The van der Waals surface area contributed by atoms with Crippen molar-refractivity contribution in [2.24, 2.45) is 5.73 Å². The fourth-order valence-corrected chi connectivity index (χ4v) is 2.36. The van der Waals surface area contributed by atoms with Gasteiger partial charge in [0, 0.05) is 22.0 Å². The fourth-order valence-electron chi connectivity index (χ4n) is 1.24. The highest BCUT2D eigenvalue weighted by atomic mass is 79.9. The van der Waals surface area contributed by atoms with Gasteiger partial charge in [-0.2, -0.15) is 0 Å². The molecule has 0 aromatic heterocycles. The molecule has 1 rings (SSSR count). The monoisotopic (exact) mass is 316 g/mol. The van der Waals surface area contributed by atoms with Crippen molar-refractivity contribution in [2.75, 3.05) is 17.6 Å². The summed E-state index contributed by atoms with van der Waals surface area (Å²) in [4.78, 5) is 11.7. The summed E-state index contributed by atoms with van der Waals surface area (Å²) < 4.78 is 1.01. The lowest BCUT2D eigenvalue weighted by atomic mass is 10.2. The molecule has 0 aliphatic carbocycles. The van der Waals surface area contributed by atoms with Gasteiger partial charge in [-0.25, -0.2) is 0 Å². The Morgan fingerprint density at radius 3 is 2.88 bits per heavy atom. The Kier molecular flexibility index (Phi) is 6.02. The van der Waals surface area contributed by atoms with Gasteiger partial charge in [-0.15, -0.1) is 11.8 Å². The molecule has 0 bridgehead atoms. The Morgan fingerprint density at radius 1 is 1.59 bits per heavy atom. The lowest BCUT2D eigenvalue weighted by Crippen LogP contribution is -2.19. The molecule has 94 valence electrons. The van der Waals surface area contributed by atoms with Crippen LogP contribution >= 0.6 is 27.7 Å². The zero-order valence-corrected chi connectivity index (χ0v) is 12.4. The predicted molar refractivity (Wildman–Crippen MR) is 78.5 cm³/mol. The van der Waals surface area contributed by atoms with Crippen LogP contribution in [0.3, 0.4) is 0 Å². The largest absolute Gasteiger partial charge is 0.329 e. The first-order chi connectivity index (χ1) is 8.02. The maximum absolute atomic E-state index is 11.7. The van der Waals surface area contributed by atoms with E-state index in [0.29, 0.717) is 17.5 Å². The van der Waals surface area contributed by atoms with E-state index in [4.69, 9.17) is 5.73 Å². The minimum atomic E-state index is 0.0146. The van der Waals surface area contributed by atoms with Crippen molar-refractivity contribution >= 4 is 39.3 Å². The minimum absolute atomic E-state index is 0.0146. The molecule has 0 saturated heterocycles. The van der Waals surface area contributed by atoms with Gasteiger partial charge in [0.05, 0.1) is 5.75 Å². The van der Waals surface area contributed by atoms with Crippen LogP contribution in [0.4, 0.5) is 5.69 Å². The average Bonchev–Trinajstić information content (AvgIpc) is 2.29. The first-order valence-corrected chi connectivity index (χ1v) is 7.24. The molecule has 1 unspecified atom stereocenters. The van der Waals surface area contributed by atoms with Crippen LogP contribution in [0.1, 0.15) is 12.5 Å². The lowest BCUT2D eigenvalue weighted by molar-refractivity contribution is -0.113. The van der Waals surface area contributed by atoms with Crippen LogP contribution in [0.5, 0.6) is 0 Å². The number of halogens is 1. The van der Waals surface area contributed by atoms with Gasteiger partial charge < -0.3 is 11.1 Å².